The number of anilines is 1. The number of halogens is 2. The Labute approximate surface area is 134 Å². The predicted octanol–water partition coefficient (Wildman–Crippen LogP) is 3.98. The molecule has 21 heavy (non-hydrogen) atoms. The van der Waals surface area contributed by atoms with Gasteiger partial charge in [0.1, 0.15) is 0 Å². The van der Waals surface area contributed by atoms with Gasteiger partial charge in [-0.05, 0) is 35.9 Å². The SMILES string of the molecule is O=C(Cc1ccc(Br)cc1)Nc1cc(Cl)cc(C(=O)O)c1. The van der Waals surface area contributed by atoms with E-state index in [2.05, 4.69) is 21.2 Å². The van der Waals surface area contributed by atoms with Gasteiger partial charge in [-0.2, -0.15) is 0 Å². The number of aromatic carboxylic acids is 1. The number of carbonyl (C=O) groups is 2. The minimum atomic E-state index is -1.10. The first kappa shape index (κ1) is 15.5. The Morgan fingerprint density at radius 2 is 1.81 bits per heavy atom. The average molecular weight is 369 g/mol. The molecule has 0 radical (unpaired) electrons. The fraction of sp³-hybridized carbons (Fsp3) is 0.0667. The van der Waals surface area contributed by atoms with E-state index in [0.29, 0.717) is 5.69 Å². The first-order chi connectivity index (χ1) is 9.94. The molecule has 6 heteroatoms. The highest BCUT2D eigenvalue weighted by Gasteiger charge is 2.09. The Morgan fingerprint density at radius 1 is 1.14 bits per heavy atom. The second-order valence-corrected chi connectivity index (χ2v) is 5.74. The van der Waals surface area contributed by atoms with Crippen LogP contribution in [0.2, 0.25) is 5.02 Å². The van der Waals surface area contributed by atoms with Gasteiger partial charge in [-0.3, -0.25) is 4.79 Å². The molecule has 2 rings (SSSR count). The molecule has 4 nitrogen and oxygen atoms in total. The fourth-order valence-corrected chi connectivity index (χ4v) is 2.28. The first-order valence-electron chi connectivity index (χ1n) is 6.02. The maximum Gasteiger partial charge on any atom is 0.335 e. The minimum absolute atomic E-state index is 0.0291. The van der Waals surface area contributed by atoms with Crippen LogP contribution < -0.4 is 5.32 Å². The summed E-state index contributed by atoms with van der Waals surface area (Å²) in [6, 6.07) is 11.6. The number of rotatable bonds is 4. The molecule has 0 saturated heterocycles. The summed E-state index contributed by atoms with van der Waals surface area (Å²) in [4.78, 5) is 22.9. The highest BCUT2D eigenvalue weighted by atomic mass is 79.9. The van der Waals surface area contributed by atoms with Gasteiger partial charge in [0.25, 0.3) is 0 Å². The molecule has 2 N–H and O–H groups in total. The van der Waals surface area contributed by atoms with Crippen LogP contribution in [0, 0.1) is 0 Å². The summed E-state index contributed by atoms with van der Waals surface area (Å²) in [6.45, 7) is 0. The summed E-state index contributed by atoms with van der Waals surface area (Å²) < 4.78 is 0.938. The molecular weight excluding hydrogens is 358 g/mol. The van der Waals surface area contributed by atoms with Crippen molar-refractivity contribution in [1.82, 2.24) is 0 Å². The molecule has 1 amide bonds. The quantitative estimate of drug-likeness (QED) is 0.858. The molecule has 2 aromatic carbocycles. The molecule has 0 aliphatic carbocycles. The molecule has 0 aliphatic heterocycles. The van der Waals surface area contributed by atoms with Crippen LogP contribution in [0.15, 0.2) is 46.9 Å². The van der Waals surface area contributed by atoms with Crippen LogP contribution in [-0.2, 0) is 11.2 Å². The smallest absolute Gasteiger partial charge is 0.335 e. The van der Waals surface area contributed by atoms with E-state index in [9.17, 15) is 9.59 Å². The molecule has 0 fully saturated rings. The Kier molecular flexibility index (Phi) is 4.98. The van der Waals surface area contributed by atoms with E-state index in [-0.39, 0.29) is 22.9 Å². The number of amides is 1. The number of carboxylic acids is 1. The third-order valence-electron chi connectivity index (χ3n) is 2.71. The van der Waals surface area contributed by atoms with Gasteiger partial charge in [0.05, 0.1) is 12.0 Å². The average Bonchev–Trinajstić information content (AvgIpc) is 2.40. The van der Waals surface area contributed by atoms with Gasteiger partial charge < -0.3 is 10.4 Å². The highest BCUT2D eigenvalue weighted by molar-refractivity contribution is 9.10. The minimum Gasteiger partial charge on any atom is -0.478 e. The molecule has 0 aromatic heterocycles. The third-order valence-corrected chi connectivity index (χ3v) is 3.45. The van der Waals surface area contributed by atoms with Crippen molar-refractivity contribution in [2.24, 2.45) is 0 Å². The largest absolute Gasteiger partial charge is 0.478 e. The van der Waals surface area contributed by atoms with Crippen molar-refractivity contribution in [2.75, 3.05) is 5.32 Å². The maximum atomic E-state index is 11.9. The zero-order chi connectivity index (χ0) is 15.4. The molecule has 0 heterocycles. The van der Waals surface area contributed by atoms with Crippen LogP contribution in [0.25, 0.3) is 0 Å². The lowest BCUT2D eigenvalue weighted by atomic mass is 10.1. The van der Waals surface area contributed by atoms with E-state index in [0.717, 1.165) is 10.0 Å². The zero-order valence-electron chi connectivity index (χ0n) is 10.8. The number of carbonyl (C=O) groups excluding carboxylic acids is 1. The van der Waals surface area contributed by atoms with Gasteiger partial charge in [-0.15, -0.1) is 0 Å². The van der Waals surface area contributed by atoms with E-state index in [1.165, 1.54) is 18.2 Å². The summed E-state index contributed by atoms with van der Waals surface area (Å²) in [5.41, 5.74) is 1.25. The molecule has 108 valence electrons. The highest BCUT2D eigenvalue weighted by Crippen LogP contribution is 2.19. The lowest BCUT2D eigenvalue weighted by molar-refractivity contribution is -0.115. The predicted molar refractivity (Wildman–Crippen MR) is 84.9 cm³/mol. The maximum absolute atomic E-state index is 11.9. The van der Waals surface area contributed by atoms with Crippen LogP contribution >= 0.6 is 27.5 Å². The van der Waals surface area contributed by atoms with Crippen LogP contribution in [0.3, 0.4) is 0 Å². The lowest BCUT2D eigenvalue weighted by Gasteiger charge is -2.07. The molecule has 0 bridgehead atoms. The van der Waals surface area contributed by atoms with Gasteiger partial charge in [-0.1, -0.05) is 39.7 Å². The summed E-state index contributed by atoms with van der Waals surface area (Å²) in [5, 5.41) is 11.9. The number of hydrogen-bond donors (Lipinski definition) is 2. The van der Waals surface area contributed by atoms with E-state index in [1.54, 1.807) is 0 Å². The Morgan fingerprint density at radius 3 is 2.43 bits per heavy atom. The van der Waals surface area contributed by atoms with Crippen molar-refractivity contribution in [3.63, 3.8) is 0 Å². The molecule has 0 spiro atoms. The van der Waals surface area contributed by atoms with Crippen LogP contribution in [0.4, 0.5) is 5.69 Å². The normalized spacial score (nSPS) is 10.2. The lowest BCUT2D eigenvalue weighted by Crippen LogP contribution is -2.14. The Balaban J connectivity index is 2.09. The monoisotopic (exact) mass is 367 g/mol. The molecule has 0 atom stereocenters. The van der Waals surface area contributed by atoms with Gasteiger partial charge in [-0.25, -0.2) is 4.79 Å². The van der Waals surface area contributed by atoms with Crippen molar-refractivity contribution in [1.29, 1.82) is 0 Å². The second kappa shape index (κ2) is 6.74. The van der Waals surface area contributed by atoms with E-state index in [4.69, 9.17) is 16.7 Å². The first-order valence-corrected chi connectivity index (χ1v) is 7.19. The van der Waals surface area contributed by atoms with Crippen molar-refractivity contribution in [2.45, 2.75) is 6.42 Å². The molecular formula is C15H11BrClNO3. The summed E-state index contributed by atoms with van der Waals surface area (Å²) in [5.74, 6) is -1.34. The van der Waals surface area contributed by atoms with Gasteiger partial charge in [0, 0.05) is 15.2 Å². The summed E-state index contributed by atoms with van der Waals surface area (Å²) >= 11 is 9.16. The van der Waals surface area contributed by atoms with Crippen molar-refractivity contribution in [3.05, 3.63) is 63.1 Å². The fourth-order valence-electron chi connectivity index (χ4n) is 1.78. The number of hydrogen-bond acceptors (Lipinski definition) is 2. The van der Waals surface area contributed by atoms with Crippen LogP contribution in [0.1, 0.15) is 15.9 Å². The Bertz CT molecular complexity index is 686. The number of benzene rings is 2. The standard InChI is InChI=1S/C15H11BrClNO3/c16-11-3-1-9(2-4-11)5-14(19)18-13-7-10(15(20)21)6-12(17)8-13/h1-4,6-8H,5H2,(H,18,19)(H,20,21). The van der Waals surface area contributed by atoms with E-state index >= 15 is 0 Å². The molecule has 0 saturated carbocycles. The van der Waals surface area contributed by atoms with Crippen molar-refractivity contribution < 1.29 is 14.7 Å². The number of nitrogens with one attached hydrogen (secondary N) is 1. The van der Waals surface area contributed by atoms with E-state index in [1.807, 2.05) is 24.3 Å². The topological polar surface area (TPSA) is 66.4 Å². The summed E-state index contributed by atoms with van der Waals surface area (Å²) in [6.07, 6.45) is 0.197. The summed E-state index contributed by atoms with van der Waals surface area (Å²) in [7, 11) is 0. The molecule has 0 unspecified atom stereocenters. The number of carboxylic acid groups (broad SMARTS) is 1. The van der Waals surface area contributed by atoms with Gasteiger partial charge in [0.2, 0.25) is 5.91 Å². The molecule has 0 aliphatic rings. The van der Waals surface area contributed by atoms with Crippen LogP contribution in [-0.4, -0.2) is 17.0 Å². The van der Waals surface area contributed by atoms with Gasteiger partial charge in [0.15, 0.2) is 0 Å². The van der Waals surface area contributed by atoms with Gasteiger partial charge >= 0.3 is 5.97 Å². The zero-order valence-corrected chi connectivity index (χ0v) is 13.1. The third kappa shape index (κ3) is 4.58. The van der Waals surface area contributed by atoms with Crippen molar-refractivity contribution in [3.8, 4) is 0 Å². The second-order valence-electron chi connectivity index (χ2n) is 4.39. The Hall–Kier alpha value is -1.85. The van der Waals surface area contributed by atoms with Crippen LogP contribution in [0.5, 0.6) is 0 Å². The van der Waals surface area contributed by atoms with Crippen molar-refractivity contribution >= 4 is 45.1 Å². The molecule has 2 aromatic rings. The van der Waals surface area contributed by atoms with E-state index < -0.39 is 5.97 Å².